The highest BCUT2D eigenvalue weighted by molar-refractivity contribution is 7.15. The highest BCUT2D eigenvalue weighted by Gasteiger charge is 2.15. The first-order valence-electron chi connectivity index (χ1n) is 8.06. The van der Waals surface area contributed by atoms with Crippen LogP contribution in [0.5, 0.6) is 0 Å². The molecule has 3 rings (SSSR count). The summed E-state index contributed by atoms with van der Waals surface area (Å²) >= 11 is 1.39. The second-order valence-electron chi connectivity index (χ2n) is 5.96. The molecule has 2 N–H and O–H groups in total. The molecule has 0 fully saturated rings. The number of aromatic nitrogens is 2. The van der Waals surface area contributed by atoms with Crippen LogP contribution < -0.4 is 10.6 Å². The van der Waals surface area contributed by atoms with Gasteiger partial charge in [-0.05, 0) is 42.7 Å². The molecule has 1 heterocycles. The topological polar surface area (TPSA) is 66.9 Å². The van der Waals surface area contributed by atoms with Crippen molar-refractivity contribution in [3.63, 3.8) is 0 Å². The molecule has 2 amide bonds. The van der Waals surface area contributed by atoms with Gasteiger partial charge in [-0.15, -0.1) is 10.2 Å². The summed E-state index contributed by atoms with van der Waals surface area (Å²) in [6.07, 6.45) is 0. The number of carbonyl (C=O) groups is 1. The number of hydrogen-bond acceptors (Lipinski definition) is 4. The van der Waals surface area contributed by atoms with Gasteiger partial charge in [-0.2, -0.15) is 0 Å². The maximum atomic E-state index is 12.1. The van der Waals surface area contributed by atoms with Crippen molar-refractivity contribution < 1.29 is 4.79 Å². The van der Waals surface area contributed by atoms with Crippen molar-refractivity contribution in [3.8, 4) is 0 Å². The number of anilines is 2. The van der Waals surface area contributed by atoms with Crippen molar-refractivity contribution in [1.29, 1.82) is 0 Å². The molecule has 0 aliphatic carbocycles. The van der Waals surface area contributed by atoms with E-state index in [1.54, 1.807) is 0 Å². The summed E-state index contributed by atoms with van der Waals surface area (Å²) in [5.41, 5.74) is 4.25. The Labute approximate surface area is 151 Å². The minimum Gasteiger partial charge on any atom is -0.308 e. The van der Waals surface area contributed by atoms with E-state index in [0.717, 1.165) is 16.3 Å². The summed E-state index contributed by atoms with van der Waals surface area (Å²) in [7, 11) is 0. The van der Waals surface area contributed by atoms with Crippen LogP contribution in [0.4, 0.5) is 15.6 Å². The Morgan fingerprint density at radius 1 is 1.00 bits per heavy atom. The van der Waals surface area contributed by atoms with Gasteiger partial charge in [-0.1, -0.05) is 54.7 Å². The van der Waals surface area contributed by atoms with Crippen LogP contribution in [0.15, 0.2) is 48.5 Å². The first-order valence-corrected chi connectivity index (χ1v) is 8.88. The number of urea groups is 1. The molecule has 128 valence electrons. The Morgan fingerprint density at radius 3 is 2.48 bits per heavy atom. The van der Waals surface area contributed by atoms with E-state index >= 15 is 0 Å². The Morgan fingerprint density at radius 2 is 1.76 bits per heavy atom. The Balaban J connectivity index is 1.64. The van der Waals surface area contributed by atoms with Gasteiger partial charge in [0.05, 0.1) is 0 Å². The van der Waals surface area contributed by atoms with Crippen LogP contribution >= 0.6 is 11.3 Å². The van der Waals surface area contributed by atoms with Gasteiger partial charge in [0.2, 0.25) is 5.13 Å². The Bertz CT molecular complexity index is 876. The third kappa shape index (κ3) is 4.22. The van der Waals surface area contributed by atoms with Gasteiger partial charge in [0, 0.05) is 11.6 Å². The summed E-state index contributed by atoms with van der Waals surface area (Å²) in [5.74, 6) is 0.136. The highest BCUT2D eigenvalue weighted by atomic mass is 32.1. The average Bonchev–Trinajstić information content (AvgIpc) is 3.06. The average molecular weight is 352 g/mol. The van der Waals surface area contributed by atoms with Crippen molar-refractivity contribution in [2.24, 2.45) is 0 Å². The number of benzene rings is 2. The maximum Gasteiger partial charge on any atom is 0.325 e. The molecule has 6 heteroatoms. The van der Waals surface area contributed by atoms with Gasteiger partial charge in [-0.3, -0.25) is 5.32 Å². The van der Waals surface area contributed by atoms with E-state index in [-0.39, 0.29) is 11.9 Å². The SMILES string of the molecule is Cc1ccc(NC(=O)Nc2nnc([C@H](C)c3ccccc3)s2)cc1C. The van der Waals surface area contributed by atoms with E-state index < -0.39 is 0 Å². The van der Waals surface area contributed by atoms with E-state index in [9.17, 15) is 4.79 Å². The predicted molar refractivity (Wildman–Crippen MR) is 102 cm³/mol. The minimum absolute atomic E-state index is 0.136. The summed E-state index contributed by atoms with van der Waals surface area (Å²) in [6.45, 7) is 6.13. The summed E-state index contributed by atoms with van der Waals surface area (Å²) < 4.78 is 0. The van der Waals surface area contributed by atoms with E-state index in [0.29, 0.717) is 5.13 Å². The Kier molecular flexibility index (Phi) is 5.09. The lowest BCUT2D eigenvalue weighted by Crippen LogP contribution is -2.19. The van der Waals surface area contributed by atoms with Crippen LogP contribution in [0.2, 0.25) is 0 Å². The quantitative estimate of drug-likeness (QED) is 0.698. The third-order valence-electron chi connectivity index (χ3n) is 4.10. The highest BCUT2D eigenvalue weighted by Crippen LogP contribution is 2.28. The fourth-order valence-corrected chi connectivity index (χ4v) is 3.24. The molecule has 0 aliphatic rings. The zero-order chi connectivity index (χ0) is 17.8. The molecule has 0 spiro atoms. The van der Waals surface area contributed by atoms with Crippen molar-refractivity contribution in [3.05, 3.63) is 70.2 Å². The van der Waals surface area contributed by atoms with Crippen molar-refractivity contribution >= 4 is 28.2 Å². The van der Waals surface area contributed by atoms with Crippen molar-refractivity contribution in [1.82, 2.24) is 10.2 Å². The second kappa shape index (κ2) is 7.44. The van der Waals surface area contributed by atoms with E-state index in [1.807, 2.05) is 50.2 Å². The van der Waals surface area contributed by atoms with Crippen LogP contribution in [-0.2, 0) is 0 Å². The lowest BCUT2D eigenvalue weighted by molar-refractivity contribution is 0.262. The largest absolute Gasteiger partial charge is 0.325 e. The van der Waals surface area contributed by atoms with Crippen LogP contribution in [0, 0.1) is 13.8 Å². The molecule has 0 radical (unpaired) electrons. The van der Waals surface area contributed by atoms with Crippen molar-refractivity contribution in [2.45, 2.75) is 26.7 Å². The molecule has 1 aromatic heterocycles. The molecule has 0 saturated carbocycles. The standard InChI is InChI=1S/C19H20N4OS/c1-12-9-10-16(11-13(12)2)20-18(24)21-19-23-22-17(25-19)14(3)15-7-5-4-6-8-15/h4-11,14H,1-3H3,(H2,20,21,23,24)/t14-/m1/s1. The second-order valence-corrected chi connectivity index (χ2v) is 6.97. The number of carbonyl (C=O) groups excluding carboxylic acids is 1. The lowest BCUT2D eigenvalue weighted by atomic mass is 10.0. The molecular weight excluding hydrogens is 332 g/mol. The van der Waals surface area contributed by atoms with Gasteiger partial charge in [0.1, 0.15) is 5.01 Å². The number of hydrogen-bond donors (Lipinski definition) is 2. The lowest BCUT2D eigenvalue weighted by Gasteiger charge is -2.08. The van der Waals surface area contributed by atoms with Gasteiger partial charge in [0.25, 0.3) is 0 Å². The monoisotopic (exact) mass is 352 g/mol. The summed E-state index contributed by atoms with van der Waals surface area (Å²) in [4.78, 5) is 12.1. The third-order valence-corrected chi connectivity index (χ3v) is 5.12. The normalized spacial score (nSPS) is 11.8. The van der Waals surface area contributed by atoms with Crippen LogP contribution in [0.3, 0.4) is 0 Å². The molecule has 0 saturated heterocycles. The molecule has 5 nitrogen and oxygen atoms in total. The fraction of sp³-hybridized carbons (Fsp3) is 0.211. The predicted octanol–water partition coefficient (Wildman–Crippen LogP) is 4.95. The number of nitrogens with one attached hydrogen (secondary N) is 2. The maximum absolute atomic E-state index is 12.1. The van der Waals surface area contributed by atoms with Gasteiger partial charge >= 0.3 is 6.03 Å². The molecule has 3 aromatic rings. The first-order chi connectivity index (χ1) is 12.0. The molecule has 0 aliphatic heterocycles. The first kappa shape index (κ1) is 17.1. The van der Waals surface area contributed by atoms with Crippen LogP contribution in [0.1, 0.15) is 34.5 Å². The summed E-state index contributed by atoms with van der Waals surface area (Å²) in [5, 5.41) is 15.2. The fourth-order valence-electron chi connectivity index (χ4n) is 2.42. The number of rotatable bonds is 4. The van der Waals surface area contributed by atoms with Gasteiger partial charge < -0.3 is 5.32 Å². The minimum atomic E-state index is -0.321. The van der Waals surface area contributed by atoms with E-state index in [1.165, 1.54) is 22.5 Å². The van der Waals surface area contributed by atoms with Crippen molar-refractivity contribution in [2.75, 3.05) is 10.6 Å². The van der Waals surface area contributed by atoms with E-state index in [4.69, 9.17) is 0 Å². The molecular formula is C19H20N4OS. The van der Waals surface area contributed by atoms with Gasteiger partial charge in [-0.25, -0.2) is 4.79 Å². The molecule has 0 unspecified atom stereocenters. The van der Waals surface area contributed by atoms with Crippen LogP contribution in [0.25, 0.3) is 0 Å². The van der Waals surface area contributed by atoms with E-state index in [2.05, 4.69) is 39.9 Å². The molecule has 0 bridgehead atoms. The Hall–Kier alpha value is -2.73. The molecule has 1 atom stereocenters. The number of aryl methyl sites for hydroxylation is 2. The number of amides is 2. The smallest absolute Gasteiger partial charge is 0.308 e. The van der Waals surface area contributed by atoms with Gasteiger partial charge in [0.15, 0.2) is 0 Å². The summed E-state index contributed by atoms with van der Waals surface area (Å²) in [6, 6.07) is 15.6. The van der Waals surface area contributed by atoms with Crippen LogP contribution in [-0.4, -0.2) is 16.2 Å². The molecule has 25 heavy (non-hydrogen) atoms. The zero-order valence-corrected chi connectivity index (χ0v) is 15.2. The number of nitrogens with zero attached hydrogens (tertiary/aromatic N) is 2. The molecule has 2 aromatic carbocycles. The zero-order valence-electron chi connectivity index (χ0n) is 14.4.